The number of carbonyl (C=O) groups is 1. The van der Waals surface area contributed by atoms with Crippen molar-refractivity contribution in [1.29, 1.82) is 0 Å². The summed E-state index contributed by atoms with van der Waals surface area (Å²) in [7, 11) is 0. The molecule has 1 fully saturated rings. The molecule has 1 aromatic heterocycles. The fourth-order valence-corrected chi connectivity index (χ4v) is 3.85. The molecule has 0 bridgehead atoms. The number of para-hydroxylation sites is 1. The summed E-state index contributed by atoms with van der Waals surface area (Å²) in [6.07, 6.45) is 1.82. The first-order chi connectivity index (χ1) is 14.1. The Morgan fingerprint density at radius 2 is 1.90 bits per heavy atom. The zero-order chi connectivity index (χ0) is 20.2. The van der Waals surface area contributed by atoms with Crippen LogP contribution in [0.1, 0.15) is 5.56 Å². The molecule has 1 aliphatic rings. The van der Waals surface area contributed by atoms with Gasteiger partial charge in [-0.2, -0.15) is 0 Å². The number of benzene rings is 2. The topological polar surface area (TPSA) is 45.7 Å². The molecule has 7 heteroatoms. The maximum absolute atomic E-state index is 13.8. The van der Waals surface area contributed by atoms with Gasteiger partial charge in [0.1, 0.15) is 0 Å². The smallest absolute Gasteiger partial charge is 0.260 e. The molecule has 0 N–H and O–H groups in total. The third kappa shape index (κ3) is 4.74. The van der Waals surface area contributed by atoms with E-state index < -0.39 is 5.82 Å². The van der Waals surface area contributed by atoms with Crippen molar-refractivity contribution in [2.24, 2.45) is 0 Å². The van der Waals surface area contributed by atoms with Crippen LogP contribution in [0.4, 0.5) is 4.39 Å². The molecule has 1 aliphatic heterocycles. The standard InChI is InChI=1S/C22H21BrFN3O2/c23-18-6-7-20(19(24)13-18)29-15-21(28)27-11-9-26(10-12-27)14-17-4-1-3-16-5-2-8-25-22(16)17/h1-8,13H,9-12,14-15H2. The number of amides is 1. The monoisotopic (exact) mass is 457 g/mol. The highest BCUT2D eigenvalue weighted by Gasteiger charge is 2.22. The molecule has 0 radical (unpaired) electrons. The summed E-state index contributed by atoms with van der Waals surface area (Å²) in [5.41, 5.74) is 2.22. The quantitative estimate of drug-likeness (QED) is 0.583. The van der Waals surface area contributed by atoms with Crippen molar-refractivity contribution < 1.29 is 13.9 Å². The number of aromatic nitrogens is 1. The molecule has 0 unspecified atom stereocenters. The Morgan fingerprint density at radius 3 is 2.69 bits per heavy atom. The molecule has 2 heterocycles. The number of piperazine rings is 1. The Hall–Kier alpha value is -2.51. The Kier molecular flexibility index (Phi) is 6.06. The second-order valence-corrected chi connectivity index (χ2v) is 7.93. The minimum atomic E-state index is -0.485. The van der Waals surface area contributed by atoms with Crippen LogP contribution in [0.25, 0.3) is 10.9 Å². The van der Waals surface area contributed by atoms with Crippen molar-refractivity contribution in [2.75, 3.05) is 32.8 Å². The molecule has 150 valence electrons. The van der Waals surface area contributed by atoms with E-state index in [9.17, 15) is 9.18 Å². The lowest BCUT2D eigenvalue weighted by molar-refractivity contribution is -0.135. The number of fused-ring (bicyclic) bond motifs is 1. The van der Waals surface area contributed by atoms with Crippen LogP contribution in [0.5, 0.6) is 5.75 Å². The van der Waals surface area contributed by atoms with E-state index in [0.29, 0.717) is 17.6 Å². The van der Waals surface area contributed by atoms with Crippen LogP contribution < -0.4 is 4.74 Å². The van der Waals surface area contributed by atoms with Crippen LogP contribution >= 0.6 is 15.9 Å². The molecule has 4 rings (SSSR count). The summed E-state index contributed by atoms with van der Waals surface area (Å²) in [5, 5.41) is 1.14. The third-order valence-electron chi connectivity index (χ3n) is 5.08. The van der Waals surface area contributed by atoms with E-state index in [2.05, 4.69) is 50.1 Å². The molecule has 0 aliphatic carbocycles. The van der Waals surface area contributed by atoms with Gasteiger partial charge in [-0.1, -0.05) is 40.2 Å². The second-order valence-electron chi connectivity index (χ2n) is 7.01. The van der Waals surface area contributed by atoms with Crippen LogP contribution in [0.15, 0.2) is 59.2 Å². The van der Waals surface area contributed by atoms with Gasteiger partial charge in [0, 0.05) is 48.8 Å². The van der Waals surface area contributed by atoms with Gasteiger partial charge in [0.2, 0.25) is 0 Å². The zero-order valence-electron chi connectivity index (χ0n) is 15.9. The summed E-state index contributed by atoms with van der Waals surface area (Å²) in [6, 6.07) is 14.8. The fraction of sp³-hybridized carbons (Fsp3) is 0.273. The summed E-state index contributed by atoms with van der Waals surface area (Å²) >= 11 is 3.20. The van der Waals surface area contributed by atoms with Crippen LogP contribution in [0.3, 0.4) is 0 Å². The largest absolute Gasteiger partial charge is 0.481 e. The van der Waals surface area contributed by atoms with Crippen LogP contribution in [-0.4, -0.2) is 53.5 Å². The van der Waals surface area contributed by atoms with E-state index in [-0.39, 0.29) is 18.3 Å². The van der Waals surface area contributed by atoms with E-state index in [4.69, 9.17) is 4.74 Å². The normalized spacial score (nSPS) is 14.9. The number of hydrogen-bond acceptors (Lipinski definition) is 4. The van der Waals surface area contributed by atoms with Gasteiger partial charge in [0.15, 0.2) is 18.2 Å². The van der Waals surface area contributed by atoms with Crippen molar-refractivity contribution in [3.8, 4) is 5.75 Å². The average molecular weight is 458 g/mol. The third-order valence-corrected chi connectivity index (χ3v) is 5.57. The zero-order valence-corrected chi connectivity index (χ0v) is 17.4. The van der Waals surface area contributed by atoms with Crippen molar-refractivity contribution >= 4 is 32.7 Å². The van der Waals surface area contributed by atoms with Crippen LogP contribution in [0, 0.1) is 5.82 Å². The van der Waals surface area contributed by atoms with Crippen molar-refractivity contribution in [3.05, 3.63) is 70.6 Å². The number of nitrogens with zero attached hydrogens (tertiary/aromatic N) is 3. The van der Waals surface area contributed by atoms with Crippen LogP contribution in [-0.2, 0) is 11.3 Å². The van der Waals surface area contributed by atoms with Gasteiger partial charge < -0.3 is 9.64 Å². The summed E-state index contributed by atoms with van der Waals surface area (Å²) in [6.45, 7) is 3.46. The maximum Gasteiger partial charge on any atom is 0.260 e. The molecular formula is C22H21BrFN3O2. The van der Waals surface area contributed by atoms with E-state index in [1.54, 1.807) is 11.0 Å². The lowest BCUT2D eigenvalue weighted by Crippen LogP contribution is -2.49. The highest BCUT2D eigenvalue weighted by atomic mass is 79.9. The lowest BCUT2D eigenvalue weighted by Gasteiger charge is -2.34. The highest BCUT2D eigenvalue weighted by Crippen LogP contribution is 2.22. The van der Waals surface area contributed by atoms with Crippen molar-refractivity contribution in [2.45, 2.75) is 6.54 Å². The predicted octanol–water partition coefficient (Wildman–Crippen LogP) is 3.86. The number of pyridine rings is 1. The first kappa shape index (κ1) is 19.8. The first-order valence-corrected chi connectivity index (χ1v) is 10.3. The Balaban J connectivity index is 1.30. The SMILES string of the molecule is O=C(COc1ccc(Br)cc1F)N1CCN(Cc2cccc3cccnc23)CC1. The van der Waals surface area contributed by atoms with Gasteiger partial charge in [0.25, 0.3) is 5.91 Å². The highest BCUT2D eigenvalue weighted by molar-refractivity contribution is 9.10. The minimum Gasteiger partial charge on any atom is -0.481 e. The molecule has 1 amide bonds. The van der Waals surface area contributed by atoms with Gasteiger partial charge in [-0.3, -0.25) is 14.7 Å². The van der Waals surface area contributed by atoms with Crippen molar-refractivity contribution in [1.82, 2.24) is 14.8 Å². The summed E-state index contributed by atoms with van der Waals surface area (Å²) < 4.78 is 19.8. The van der Waals surface area contributed by atoms with Crippen molar-refractivity contribution in [3.63, 3.8) is 0 Å². The van der Waals surface area contributed by atoms with Crippen LogP contribution in [0.2, 0.25) is 0 Å². The Labute approximate surface area is 177 Å². The second kappa shape index (κ2) is 8.88. The van der Waals surface area contributed by atoms with Gasteiger partial charge >= 0.3 is 0 Å². The van der Waals surface area contributed by atoms with E-state index in [1.165, 1.54) is 17.7 Å². The Bertz CT molecular complexity index is 1020. The molecule has 5 nitrogen and oxygen atoms in total. The summed E-state index contributed by atoms with van der Waals surface area (Å²) in [4.78, 5) is 21.0. The van der Waals surface area contributed by atoms with E-state index in [0.717, 1.165) is 30.5 Å². The Morgan fingerprint density at radius 1 is 1.10 bits per heavy atom. The maximum atomic E-state index is 13.8. The lowest BCUT2D eigenvalue weighted by atomic mass is 10.1. The number of carbonyl (C=O) groups excluding carboxylic acids is 1. The predicted molar refractivity (Wildman–Crippen MR) is 113 cm³/mol. The minimum absolute atomic E-state index is 0.0867. The number of halogens is 2. The van der Waals surface area contributed by atoms with E-state index >= 15 is 0 Å². The van der Waals surface area contributed by atoms with Gasteiger partial charge in [-0.25, -0.2) is 4.39 Å². The van der Waals surface area contributed by atoms with Gasteiger partial charge in [-0.05, 0) is 29.8 Å². The fourth-order valence-electron chi connectivity index (χ4n) is 3.51. The molecule has 1 saturated heterocycles. The molecular weight excluding hydrogens is 437 g/mol. The van der Waals surface area contributed by atoms with Gasteiger partial charge in [-0.15, -0.1) is 0 Å². The average Bonchev–Trinajstić information content (AvgIpc) is 2.74. The molecule has 3 aromatic rings. The number of rotatable bonds is 5. The molecule has 0 spiro atoms. The van der Waals surface area contributed by atoms with E-state index in [1.807, 2.05) is 12.3 Å². The molecule has 2 aromatic carbocycles. The number of ether oxygens (including phenoxy) is 1. The molecule has 29 heavy (non-hydrogen) atoms. The van der Waals surface area contributed by atoms with Gasteiger partial charge in [0.05, 0.1) is 5.52 Å². The number of hydrogen-bond donors (Lipinski definition) is 0. The first-order valence-electron chi connectivity index (χ1n) is 9.51. The molecule has 0 atom stereocenters. The molecule has 0 saturated carbocycles. The summed E-state index contributed by atoms with van der Waals surface area (Å²) in [5.74, 6) is -0.525.